The van der Waals surface area contributed by atoms with Crippen molar-refractivity contribution in [3.05, 3.63) is 0 Å². The monoisotopic (exact) mass is 213 g/mol. The third-order valence-electron chi connectivity index (χ3n) is 3.02. The number of carboxylic acids is 1. The summed E-state index contributed by atoms with van der Waals surface area (Å²) in [7, 11) is 0. The topological polar surface area (TPSA) is 66.4 Å². The van der Waals surface area contributed by atoms with Crippen molar-refractivity contribution in [1.82, 2.24) is 5.32 Å². The van der Waals surface area contributed by atoms with Crippen LogP contribution in [0.4, 0.5) is 0 Å². The van der Waals surface area contributed by atoms with E-state index in [2.05, 4.69) is 5.32 Å². The Morgan fingerprint density at radius 3 is 2.33 bits per heavy atom. The largest absolute Gasteiger partial charge is 0.481 e. The molecule has 0 heterocycles. The Kier molecular flexibility index (Phi) is 4.59. The van der Waals surface area contributed by atoms with E-state index in [1.165, 1.54) is 6.92 Å². The van der Waals surface area contributed by atoms with Gasteiger partial charge in [0, 0.05) is 19.4 Å². The smallest absolute Gasteiger partial charge is 0.303 e. The summed E-state index contributed by atoms with van der Waals surface area (Å²) >= 11 is 0. The summed E-state index contributed by atoms with van der Waals surface area (Å²) in [5, 5.41) is 11.5. The summed E-state index contributed by atoms with van der Waals surface area (Å²) < 4.78 is 0. The normalized spacial score (nSPS) is 25.9. The highest BCUT2D eigenvalue weighted by atomic mass is 16.4. The first kappa shape index (κ1) is 12.0. The molecular formula is C11H19NO3. The first-order valence-corrected chi connectivity index (χ1v) is 5.57. The van der Waals surface area contributed by atoms with Crippen molar-refractivity contribution >= 4 is 11.9 Å². The van der Waals surface area contributed by atoms with Crippen molar-refractivity contribution in [1.29, 1.82) is 0 Å². The third-order valence-corrected chi connectivity index (χ3v) is 3.02. The van der Waals surface area contributed by atoms with Gasteiger partial charge in [-0.1, -0.05) is 0 Å². The summed E-state index contributed by atoms with van der Waals surface area (Å²) in [6.45, 7) is 1.54. The molecule has 15 heavy (non-hydrogen) atoms. The van der Waals surface area contributed by atoms with Gasteiger partial charge in [-0.15, -0.1) is 0 Å². The summed E-state index contributed by atoms with van der Waals surface area (Å²) in [6.07, 6.45) is 5.11. The maximum atomic E-state index is 10.8. The molecule has 4 nitrogen and oxygen atoms in total. The van der Waals surface area contributed by atoms with E-state index >= 15 is 0 Å². The van der Waals surface area contributed by atoms with Crippen molar-refractivity contribution < 1.29 is 14.7 Å². The Bertz CT molecular complexity index is 232. The minimum Gasteiger partial charge on any atom is -0.481 e. The Morgan fingerprint density at radius 2 is 1.87 bits per heavy atom. The van der Waals surface area contributed by atoms with Crippen LogP contribution in [0.5, 0.6) is 0 Å². The molecule has 1 saturated carbocycles. The second kappa shape index (κ2) is 5.73. The number of aliphatic carboxylic acids is 1. The molecule has 2 N–H and O–H groups in total. The van der Waals surface area contributed by atoms with Crippen LogP contribution in [-0.2, 0) is 9.59 Å². The highest BCUT2D eigenvalue weighted by Gasteiger charge is 2.21. The average molecular weight is 213 g/mol. The molecule has 0 aromatic heterocycles. The number of carboxylic acid groups (broad SMARTS) is 1. The lowest BCUT2D eigenvalue weighted by molar-refractivity contribution is -0.137. The molecule has 0 radical (unpaired) electrons. The van der Waals surface area contributed by atoms with E-state index < -0.39 is 5.97 Å². The highest BCUT2D eigenvalue weighted by molar-refractivity contribution is 5.73. The van der Waals surface area contributed by atoms with Crippen molar-refractivity contribution in [3.8, 4) is 0 Å². The first-order chi connectivity index (χ1) is 7.08. The molecule has 0 spiro atoms. The van der Waals surface area contributed by atoms with E-state index in [0.29, 0.717) is 12.0 Å². The molecule has 0 aromatic carbocycles. The number of carbonyl (C=O) groups is 2. The quantitative estimate of drug-likeness (QED) is 0.744. The minimum atomic E-state index is -0.709. The summed E-state index contributed by atoms with van der Waals surface area (Å²) in [5.74, 6) is -0.144. The Hall–Kier alpha value is -1.06. The van der Waals surface area contributed by atoms with Crippen LogP contribution in [0, 0.1) is 5.92 Å². The highest BCUT2D eigenvalue weighted by Crippen LogP contribution is 2.27. The molecular weight excluding hydrogens is 194 g/mol. The molecule has 0 saturated heterocycles. The molecule has 1 aliphatic rings. The van der Waals surface area contributed by atoms with Crippen molar-refractivity contribution in [2.24, 2.45) is 5.92 Å². The SMILES string of the molecule is CC(=O)N[C@H]1CC[C@H](CCC(=O)O)CC1. The van der Waals surface area contributed by atoms with Gasteiger partial charge in [0.1, 0.15) is 0 Å². The van der Waals surface area contributed by atoms with E-state index in [0.717, 1.165) is 32.1 Å². The molecule has 0 bridgehead atoms. The van der Waals surface area contributed by atoms with Crippen molar-refractivity contribution in [3.63, 3.8) is 0 Å². The molecule has 0 aliphatic heterocycles. The molecule has 1 rings (SSSR count). The van der Waals surface area contributed by atoms with Gasteiger partial charge in [-0.05, 0) is 38.0 Å². The van der Waals surface area contributed by atoms with Gasteiger partial charge in [0.2, 0.25) is 5.91 Å². The fourth-order valence-corrected chi connectivity index (χ4v) is 2.21. The zero-order valence-corrected chi connectivity index (χ0v) is 9.16. The number of rotatable bonds is 4. The Balaban J connectivity index is 2.18. The molecule has 4 heteroatoms. The Labute approximate surface area is 90.0 Å². The number of nitrogens with one attached hydrogen (secondary N) is 1. The Morgan fingerprint density at radius 1 is 1.27 bits per heavy atom. The van der Waals surface area contributed by atoms with Crippen LogP contribution in [0.1, 0.15) is 45.4 Å². The fraction of sp³-hybridized carbons (Fsp3) is 0.818. The van der Waals surface area contributed by atoms with Crippen molar-refractivity contribution in [2.45, 2.75) is 51.5 Å². The van der Waals surface area contributed by atoms with Crippen LogP contribution in [0.25, 0.3) is 0 Å². The number of hydrogen-bond donors (Lipinski definition) is 2. The molecule has 86 valence electrons. The van der Waals surface area contributed by atoms with Gasteiger partial charge in [-0.2, -0.15) is 0 Å². The molecule has 0 aromatic rings. The first-order valence-electron chi connectivity index (χ1n) is 5.57. The zero-order valence-electron chi connectivity index (χ0n) is 9.16. The molecule has 1 aliphatic carbocycles. The molecule has 1 amide bonds. The van der Waals surface area contributed by atoms with Crippen LogP contribution < -0.4 is 5.32 Å². The molecule has 0 unspecified atom stereocenters. The van der Waals surface area contributed by atoms with E-state index in [-0.39, 0.29) is 12.3 Å². The van der Waals surface area contributed by atoms with Crippen LogP contribution in [0.2, 0.25) is 0 Å². The van der Waals surface area contributed by atoms with Crippen LogP contribution in [-0.4, -0.2) is 23.0 Å². The number of carbonyl (C=O) groups excluding carboxylic acids is 1. The number of amides is 1. The third kappa shape index (κ3) is 4.81. The van der Waals surface area contributed by atoms with Gasteiger partial charge >= 0.3 is 5.97 Å². The van der Waals surface area contributed by atoms with E-state index in [1.807, 2.05) is 0 Å². The lowest BCUT2D eigenvalue weighted by atomic mass is 9.83. The maximum absolute atomic E-state index is 10.8. The second-order valence-corrected chi connectivity index (χ2v) is 4.35. The zero-order chi connectivity index (χ0) is 11.3. The van der Waals surface area contributed by atoms with E-state index in [1.54, 1.807) is 0 Å². The van der Waals surface area contributed by atoms with Gasteiger partial charge < -0.3 is 10.4 Å². The van der Waals surface area contributed by atoms with Crippen LogP contribution in [0.15, 0.2) is 0 Å². The second-order valence-electron chi connectivity index (χ2n) is 4.35. The van der Waals surface area contributed by atoms with Gasteiger partial charge in [-0.25, -0.2) is 0 Å². The molecule has 0 atom stereocenters. The summed E-state index contributed by atoms with van der Waals surface area (Å²) in [6, 6.07) is 0.309. The van der Waals surface area contributed by atoms with Crippen LogP contribution >= 0.6 is 0 Å². The predicted octanol–water partition coefficient (Wildman–Crippen LogP) is 1.55. The van der Waals surface area contributed by atoms with Gasteiger partial charge in [0.05, 0.1) is 0 Å². The lowest BCUT2D eigenvalue weighted by Crippen LogP contribution is -2.36. The average Bonchev–Trinajstić information content (AvgIpc) is 2.16. The van der Waals surface area contributed by atoms with Gasteiger partial charge in [0.15, 0.2) is 0 Å². The van der Waals surface area contributed by atoms with Crippen molar-refractivity contribution in [2.75, 3.05) is 0 Å². The predicted molar refractivity (Wildman–Crippen MR) is 56.4 cm³/mol. The summed E-state index contributed by atoms with van der Waals surface area (Å²) in [4.78, 5) is 21.2. The standard InChI is InChI=1S/C11H19NO3/c1-8(13)12-10-5-2-9(3-6-10)4-7-11(14)15/h9-10H,2-7H2,1H3,(H,12,13)(H,14,15)/t9-,10-. The van der Waals surface area contributed by atoms with E-state index in [9.17, 15) is 9.59 Å². The number of hydrogen-bond acceptors (Lipinski definition) is 2. The van der Waals surface area contributed by atoms with Crippen LogP contribution in [0.3, 0.4) is 0 Å². The minimum absolute atomic E-state index is 0.0315. The fourth-order valence-electron chi connectivity index (χ4n) is 2.21. The summed E-state index contributed by atoms with van der Waals surface area (Å²) in [5.41, 5.74) is 0. The maximum Gasteiger partial charge on any atom is 0.303 e. The lowest BCUT2D eigenvalue weighted by Gasteiger charge is -2.28. The molecule has 1 fully saturated rings. The van der Waals surface area contributed by atoms with E-state index in [4.69, 9.17) is 5.11 Å². The van der Waals surface area contributed by atoms with Gasteiger partial charge in [-0.3, -0.25) is 9.59 Å². The van der Waals surface area contributed by atoms with Gasteiger partial charge in [0.25, 0.3) is 0 Å².